The number of hydrogen-bond acceptors (Lipinski definition) is 2. The van der Waals surface area contributed by atoms with Gasteiger partial charge in [-0.15, -0.1) is 0 Å². The average Bonchev–Trinajstić information content (AvgIpc) is 2.45. The van der Waals surface area contributed by atoms with Crippen molar-refractivity contribution < 1.29 is 4.79 Å². The zero-order valence-electron chi connectivity index (χ0n) is 11.0. The zero-order valence-corrected chi connectivity index (χ0v) is 11.0. The van der Waals surface area contributed by atoms with Gasteiger partial charge in [0.15, 0.2) is 5.78 Å². The van der Waals surface area contributed by atoms with Gasteiger partial charge < -0.3 is 5.32 Å². The minimum atomic E-state index is 0.0901. The van der Waals surface area contributed by atoms with E-state index in [-0.39, 0.29) is 5.78 Å². The fraction of sp³-hybridized carbons (Fsp3) is 0.118. The molecule has 2 nitrogen and oxygen atoms in total. The summed E-state index contributed by atoms with van der Waals surface area (Å²) in [6.07, 6.45) is 2.45. The Bertz CT molecular complexity index is 558. The van der Waals surface area contributed by atoms with Crippen molar-refractivity contribution in [2.75, 3.05) is 5.32 Å². The number of benzene rings is 2. The number of para-hydroxylation sites is 1. The van der Waals surface area contributed by atoms with Crippen LogP contribution in [0.2, 0.25) is 0 Å². The number of allylic oxidation sites excluding steroid dienone is 1. The van der Waals surface area contributed by atoms with E-state index in [1.54, 1.807) is 13.1 Å². The molecule has 0 unspecified atom stereocenters. The van der Waals surface area contributed by atoms with Gasteiger partial charge >= 0.3 is 0 Å². The third kappa shape index (κ3) is 4.11. The van der Waals surface area contributed by atoms with Crippen LogP contribution >= 0.6 is 0 Å². The molecule has 0 amide bonds. The van der Waals surface area contributed by atoms with Crippen molar-refractivity contribution in [2.24, 2.45) is 0 Å². The van der Waals surface area contributed by atoms with Gasteiger partial charge in [-0.3, -0.25) is 4.79 Å². The molecule has 0 heterocycles. The standard InChI is InChI=1S/C17H17NO/c1-14(19)16(12-15-8-4-2-5-9-15)13-18-17-10-6-3-7-11-17/h2-11,13,18H,12H2,1H3/b16-13-. The summed E-state index contributed by atoms with van der Waals surface area (Å²) < 4.78 is 0. The van der Waals surface area contributed by atoms with Crippen molar-refractivity contribution in [2.45, 2.75) is 13.3 Å². The first-order valence-corrected chi connectivity index (χ1v) is 6.31. The monoisotopic (exact) mass is 251 g/mol. The van der Waals surface area contributed by atoms with Gasteiger partial charge in [-0.05, 0) is 24.6 Å². The van der Waals surface area contributed by atoms with Crippen LogP contribution in [-0.2, 0) is 11.2 Å². The fourth-order valence-corrected chi connectivity index (χ4v) is 1.80. The van der Waals surface area contributed by atoms with Gasteiger partial charge in [0.1, 0.15) is 0 Å². The molecular formula is C17H17NO. The Morgan fingerprint density at radius 2 is 1.58 bits per heavy atom. The van der Waals surface area contributed by atoms with Gasteiger partial charge in [-0.25, -0.2) is 0 Å². The SMILES string of the molecule is CC(=O)/C(=C\Nc1ccccc1)Cc1ccccc1. The summed E-state index contributed by atoms with van der Waals surface area (Å²) in [5.41, 5.74) is 2.89. The summed E-state index contributed by atoms with van der Waals surface area (Å²) in [7, 11) is 0. The molecule has 0 radical (unpaired) electrons. The first kappa shape index (κ1) is 13.1. The number of rotatable bonds is 5. The molecule has 0 bridgehead atoms. The van der Waals surface area contributed by atoms with E-state index in [9.17, 15) is 4.79 Å². The van der Waals surface area contributed by atoms with Crippen LogP contribution in [0.4, 0.5) is 5.69 Å². The number of carbonyl (C=O) groups is 1. The molecule has 2 aromatic carbocycles. The number of anilines is 1. The first-order chi connectivity index (χ1) is 9.25. The molecule has 0 aromatic heterocycles. The summed E-state index contributed by atoms with van der Waals surface area (Å²) in [4.78, 5) is 11.7. The van der Waals surface area contributed by atoms with Crippen molar-refractivity contribution in [1.29, 1.82) is 0 Å². The second kappa shape index (κ2) is 6.55. The smallest absolute Gasteiger partial charge is 0.157 e. The van der Waals surface area contributed by atoms with Crippen LogP contribution in [0.15, 0.2) is 72.4 Å². The fourth-order valence-electron chi connectivity index (χ4n) is 1.80. The summed E-state index contributed by atoms with van der Waals surface area (Å²) >= 11 is 0. The highest BCUT2D eigenvalue weighted by atomic mass is 16.1. The van der Waals surface area contributed by atoms with Gasteiger partial charge in [-0.2, -0.15) is 0 Å². The molecule has 0 aliphatic heterocycles. The molecule has 0 saturated heterocycles. The third-order valence-corrected chi connectivity index (χ3v) is 2.88. The Morgan fingerprint density at radius 3 is 2.16 bits per heavy atom. The molecule has 0 aliphatic rings. The molecule has 2 rings (SSSR count). The molecular weight excluding hydrogens is 234 g/mol. The minimum Gasteiger partial charge on any atom is -0.361 e. The van der Waals surface area contributed by atoms with Gasteiger partial charge in [0, 0.05) is 23.9 Å². The Balaban J connectivity index is 2.10. The highest BCUT2D eigenvalue weighted by Gasteiger charge is 2.04. The lowest BCUT2D eigenvalue weighted by Crippen LogP contribution is -2.03. The molecule has 0 saturated carbocycles. The normalized spacial score (nSPS) is 11.1. The van der Waals surface area contributed by atoms with Gasteiger partial charge in [-0.1, -0.05) is 48.5 Å². The van der Waals surface area contributed by atoms with E-state index >= 15 is 0 Å². The second-order valence-electron chi connectivity index (χ2n) is 4.40. The summed E-state index contributed by atoms with van der Waals surface area (Å²) in [6, 6.07) is 19.8. The zero-order chi connectivity index (χ0) is 13.5. The summed E-state index contributed by atoms with van der Waals surface area (Å²) in [5.74, 6) is 0.0901. The van der Waals surface area contributed by atoms with Crippen molar-refractivity contribution >= 4 is 11.5 Å². The molecule has 0 fully saturated rings. The van der Waals surface area contributed by atoms with E-state index in [1.807, 2.05) is 60.7 Å². The lowest BCUT2D eigenvalue weighted by atomic mass is 10.0. The van der Waals surface area contributed by atoms with Crippen LogP contribution in [-0.4, -0.2) is 5.78 Å². The molecule has 0 spiro atoms. The number of Topliss-reactive ketones (excluding diaryl/α,β-unsaturated/α-hetero) is 1. The van der Waals surface area contributed by atoms with Crippen LogP contribution in [0.25, 0.3) is 0 Å². The van der Waals surface area contributed by atoms with Gasteiger partial charge in [0.05, 0.1) is 0 Å². The number of ketones is 1. The van der Waals surface area contributed by atoms with Crippen molar-refractivity contribution in [1.82, 2.24) is 0 Å². The molecule has 19 heavy (non-hydrogen) atoms. The maximum absolute atomic E-state index is 11.7. The van der Waals surface area contributed by atoms with Crippen LogP contribution in [0.1, 0.15) is 12.5 Å². The largest absolute Gasteiger partial charge is 0.361 e. The Labute approximate surface area is 113 Å². The van der Waals surface area contributed by atoms with Crippen molar-refractivity contribution in [3.63, 3.8) is 0 Å². The van der Waals surface area contributed by atoms with Crippen molar-refractivity contribution in [3.05, 3.63) is 78.0 Å². The molecule has 96 valence electrons. The van der Waals surface area contributed by atoms with E-state index < -0.39 is 0 Å². The molecule has 2 aromatic rings. The predicted octanol–water partition coefficient (Wildman–Crippen LogP) is 3.81. The number of hydrogen-bond donors (Lipinski definition) is 1. The van der Waals surface area contributed by atoms with Crippen LogP contribution in [0, 0.1) is 0 Å². The number of carbonyl (C=O) groups excluding carboxylic acids is 1. The van der Waals surface area contributed by atoms with E-state index in [1.165, 1.54) is 0 Å². The minimum absolute atomic E-state index is 0.0901. The van der Waals surface area contributed by atoms with Crippen LogP contribution in [0.5, 0.6) is 0 Å². The summed E-state index contributed by atoms with van der Waals surface area (Å²) in [5, 5.41) is 3.16. The summed E-state index contributed by atoms with van der Waals surface area (Å²) in [6.45, 7) is 1.60. The molecule has 1 N–H and O–H groups in total. The third-order valence-electron chi connectivity index (χ3n) is 2.88. The van der Waals surface area contributed by atoms with E-state index in [0.717, 1.165) is 16.8 Å². The molecule has 0 aliphatic carbocycles. The van der Waals surface area contributed by atoms with E-state index in [2.05, 4.69) is 5.32 Å². The average molecular weight is 251 g/mol. The maximum Gasteiger partial charge on any atom is 0.157 e. The first-order valence-electron chi connectivity index (χ1n) is 6.31. The Morgan fingerprint density at radius 1 is 1.00 bits per heavy atom. The van der Waals surface area contributed by atoms with Crippen LogP contribution < -0.4 is 5.32 Å². The highest BCUT2D eigenvalue weighted by Crippen LogP contribution is 2.11. The maximum atomic E-state index is 11.7. The number of nitrogens with one attached hydrogen (secondary N) is 1. The molecule has 0 atom stereocenters. The topological polar surface area (TPSA) is 29.1 Å². The van der Waals surface area contributed by atoms with Gasteiger partial charge in [0.25, 0.3) is 0 Å². The van der Waals surface area contributed by atoms with E-state index in [0.29, 0.717) is 6.42 Å². The second-order valence-corrected chi connectivity index (χ2v) is 4.40. The predicted molar refractivity (Wildman–Crippen MR) is 79.0 cm³/mol. The van der Waals surface area contributed by atoms with Gasteiger partial charge in [0.2, 0.25) is 0 Å². The Kier molecular flexibility index (Phi) is 4.51. The lowest BCUT2D eigenvalue weighted by molar-refractivity contribution is -0.113. The van der Waals surface area contributed by atoms with Crippen LogP contribution in [0.3, 0.4) is 0 Å². The Hall–Kier alpha value is -2.35. The highest BCUT2D eigenvalue weighted by molar-refractivity contribution is 5.94. The molecule has 2 heteroatoms. The van der Waals surface area contributed by atoms with Crippen molar-refractivity contribution in [3.8, 4) is 0 Å². The quantitative estimate of drug-likeness (QED) is 0.819. The lowest BCUT2D eigenvalue weighted by Gasteiger charge is -2.06. The van der Waals surface area contributed by atoms with E-state index in [4.69, 9.17) is 0 Å².